The summed E-state index contributed by atoms with van der Waals surface area (Å²) in [5.41, 5.74) is 0. The minimum absolute atomic E-state index is 0.373. The molecule has 229 valence electrons. The van der Waals surface area contributed by atoms with Gasteiger partial charge in [-0.1, -0.05) is 0 Å². The quantitative estimate of drug-likeness (QED) is 0.0981. The van der Waals surface area contributed by atoms with Gasteiger partial charge in [0.1, 0.15) is 0 Å². The van der Waals surface area contributed by atoms with Crippen LogP contribution in [0.25, 0.3) is 0 Å². The summed E-state index contributed by atoms with van der Waals surface area (Å²) in [6, 6.07) is 63.7. The third-order valence-electron chi connectivity index (χ3n) is 8.06. The van der Waals surface area contributed by atoms with Crippen LogP contribution in [0.4, 0.5) is 0 Å². The van der Waals surface area contributed by atoms with Crippen molar-refractivity contribution in [3.63, 3.8) is 0 Å². The molecule has 46 heavy (non-hydrogen) atoms. The summed E-state index contributed by atoms with van der Waals surface area (Å²) in [6.45, 7) is 0.813. The van der Waals surface area contributed by atoms with E-state index in [1.165, 1.54) is 0 Å². The Morgan fingerprint density at radius 3 is 0.826 bits per heavy atom. The first-order valence-corrected chi connectivity index (χ1v) is 21.9. The van der Waals surface area contributed by atoms with E-state index < -0.39 is 32.0 Å². The molecule has 6 aromatic rings. The second-order valence-corrected chi connectivity index (χ2v) is 21.7. The van der Waals surface area contributed by atoms with Gasteiger partial charge in [-0.15, -0.1) is 0 Å². The fourth-order valence-corrected chi connectivity index (χ4v) is 23.0. The molecule has 0 aliphatic carbocycles. The first-order chi connectivity index (χ1) is 22.8. The molecule has 0 aliphatic heterocycles. The number of rotatable bonds is 14. The molecule has 0 saturated carbocycles. The topological polar surface area (TPSA) is 36.9 Å². The molecule has 4 nitrogen and oxygen atoms in total. The number of hydrogen-bond acceptors (Lipinski definition) is 4. The zero-order valence-electron chi connectivity index (χ0n) is 25.9. The molecule has 6 rings (SSSR count). The molecule has 0 unspecified atom stereocenters. The van der Waals surface area contributed by atoms with Gasteiger partial charge in [0.15, 0.2) is 0 Å². The van der Waals surface area contributed by atoms with E-state index in [0.29, 0.717) is 13.2 Å². The maximum atomic E-state index is 7.70. The molecule has 0 spiro atoms. The second-order valence-electron chi connectivity index (χ2n) is 10.9. The molecule has 0 heterocycles. The molecule has 0 bridgehead atoms. The van der Waals surface area contributed by atoms with Crippen LogP contribution in [0, 0.1) is 0 Å². The Balaban J connectivity index is 1.59. The van der Waals surface area contributed by atoms with Gasteiger partial charge in [-0.05, 0) is 0 Å². The van der Waals surface area contributed by atoms with Crippen molar-refractivity contribution in [2.45, 2.75) is 0 Å². The van der Waals surface area contributed by atoms with Crippen molar-refractivity contribution >= 4 is 63.1 Å². The van der Waals surface area contributed by atoms with E-state index in [9.17, 15) is 0 Å². The van der Waals surface area contributed by atoms with Crippen LogP contribution < -0.4 is 31.1 Å². The number of methoxy groups -OCH3 is 1. The Kier molecular flexibility index (Phi) is 10.9. The molecule has 0 atom stereocenters. The maximum absolute atomic E-state index is 7.70. The summed E-state index contributed by atoms with van der Waals surface area (Å²) < 4.78 is 27.7. The number of ether oxygens (including phenoxy) is 1. The normalized spacial score (nSPS) is 11.9. The fourth-order valence-electron chi connectivity index (χ4n) is 5.93. The Labute approximate surface area is 279 Å². The van der Waals surface area contributed by atoms with Crippen LogP contribution in [0.15, 0.2) is 182 Å². The van der Waals surface area contributed by atoms with Gasteiger partial charge in [0.25, 0.3) is 0 Å². The predicted octanol–water partition coefficient (Wildman–Crippen LogP) is 4.00. The van der Waals surface area contributed by atoms with Crippen LogP contribution in [0.2, 0.25) is 0 Å². The van der Waals surface area contributed by atoms with Crippen molar-refractivity contribution < 1.29 is 15.4 Å². The number of benzene rings is 6. The van der Waals surface area contributed by atoms with Gasteiger partial charge in [-0.2, -0.15) is 0 Å². The summed E-state index contributed by atoms with van der Waals surface area (Å²) in [5.74, 6) is 0. The second kappa shape index (κ2) is 15.6. The van der Waals surface area contributed by atoms with Gasteiger partial charge in [-0.25, -0.2) is 0 Å². The molecule has 6 aromatic carbocycles. The number of hydrogen-bond donors (Lipinski definition) is 0. The summed E-state index contributed by atoms with van der Waals surface area (Å²) in [5, 5.41) is 6.85. The molecule has 0 fully saturated rings. The first kappa shape index (κ1) is 32.1. The van der Waals surface area contributed by atoms with Gasteiger partial charge < -0.3 is 0 Å². The van der Waals surface area contributed by atoms with Crippen LogP contribution >= 0.6 is 0 Å². The van der Waals surface area contributed by atoms with Crippen molar-refractivity contribution in [3.05, 3.63) is 182 Å². The van der Waals surface area contributed by atoms with Crippen LogP contribution in [0.5, 0.6) is 0 Å². The van der Waals surface area contributed by atoms with E-state index in [2.05, 4.69) is 182 Å². The van der Waals surface area contributed by atoms with Gasteiger partial charge in [0, 0.05) is 0 Å². The molecular formula is C39H37GeO4Si2. The van der Waals surface area contributed by atoms with Crippen LogP contribution in [-0.4, -0.2) is 52.3 Å². The van der Waals surface area contributed by atoms with Crippen LogP contribution in [0.3, 0.4) is 0 Å². The van der Waals surface area contributed by atoms with Crippen molar-refractivity contribution in [3.8, 4) is 0 Å². The summed E-state index contributed by atoms with van der Waals surface area (Å²) in [4.78, 5) is 0. The minimum atomic E-state index is -3.38. The van der Waals surface area contributed by atoms with Crippen molar-refractivity contribution in [2.24, 2.45) is 0 Å². The zero-order valence-corrected chi connectivity index (χ0v) is 30.0. The van der Waals surface area contributed by atoms with Crippen molar-refractivity contribution in [2.75, 3.05) is 20.3 Å². The zero-order chi connectivity index (χ0) is 31.5. The van der Waals surface area contributed by atoms with E-state index in [1.54, 1.807) is 7.11 Å². The Morgan fingerprint density at radius 1 is 0.370 bits per heavy atom. The monoisotopic (exact) mass is 699 g/mol. The third-order valence-corrected chi connectivity index (χ3v) is 22.8. The molecule has 0 N–H and O–H groups in total. The van der Waals surface area contributed by atoms with E-state index in [1.807, 2.05) is 0 Å². The van der Waals surface area contributed by atoms with Crippen molar-refractivity contribution in [1.29, 1.82) is 0 Å². The summed E-state index contributed by atoms with van der Waals surface area (Å²) in [7, 11) is -4.60. The summed E-state index contributed by atoms with van der Waals surface area (Å²) >= 11 is -3.38. The predicted molar refractivity (Wildman–Crippen MR) is 194 cm³/mol. The Hall–Kier alpha value is -3.86. The van der Waals surface area contributed by atoms with E-state index in [-0.39, 0.29) is 0 Å². The Morgan fingerprint density at radius 2 is 0.609 bits per heavy atom. The molecule has 0 aliphatic rings. The summed E-state index contributed by atoms with van der Waals surface area (Å²) in [6.07, 6.45) is 0. The van der Waals surface area contributed by atoms with Crippen LogP contribution in [-0.2, 0) is 15.4 Å². The molecule has 0 saturated heterocycles. The molecule has 1 radical (unpaired) electrons. The third kappa shape index (κ3) is 6.79. The SMILES string of the molecule is COCC[O][Ge]([O][Si](c1ccccc1)(c1ccccc1)c1ccccc1)[O][Si](c1ccccc1)(c1ccccc1)c1ccccc1. The van der Waals surface area contributed by atoms with Gasteiger partial charge in [0.05, 0.1) is 0 Å². The average Bonchev–Trinajstić information content (AvgIpc) is 3.15. The molecule has 7 heteroatoms. The van der Waals surface area contributed by atoms with Crippen LogP contribution in [0.1, 0.15) is 0 Å². The standard InChI is InChI=1S/C39H37GeO4Si2/c1-41-32-33-42-40(43-45(34-20-8-2-9-21-34,35-22-10-3-11-23-35)36-24-12-4-13-25-36)44-46(37-26-14-5-15-27-37,38-28-16-6-17-29-38)39-30-18-7-19-31-39/h2-31H,32-33H2,1H3. The van der Waals surface area contributed by atoms with Crippen molar-refractivity contribution in [1.82, 2.24) is 0 Å². The first-order valence-electron chi connectivity index (χ1n) is 15.5. The van der Waals surface area contributed by atoms with E-state index in [4.69, 9.17) is 15.4 Å². The molecular weight excluding hydrogens is 661 g/mol. The van der Waals surface area contributed by atoms with E-state index >= 15 is 0 Å². The fraction of sp³-hybridized carbons (Fsp3) is 0.0769. The average molecular weight is 699 g/mol. The van der Waals surface area contributed by atoms with Gasteiger partial charge >= 0.3 is 281 Å². The molecule has 0 amide bonds. The van der Waals surface area contributed by atoms with Gasteiger partial charge in [0.2, 0.25) is 0 Å². The van der Waals surface area contributed by atoms with Gasteiger partial charge in [-0.3, -0.25) is 0 Å². The Bertz CT molecular complexity index is 1430. The van der Waals surface area contributed by atoms with E-state index in [0.717, 1.165) is 31.1 Å². The molecule has 0 aromatic heterocycles.